The lowest BCUT2D eigenvalue weighted by Gasteiger charge is -2.46. The summed E-state index contributed by atoms with van der Waals surface area (Å²) in [4.78, 5) is 27.6. The number of benzene rings is 2. The van der Waals surface area contributed by atoms with Crippen LogP contribution in [0.1, 0.15) is 24.5 Å². The van der Waals surface area contributed by atoms with E-state index in [1.807, 2.05) is 30.3 Å². The van der Waals surface area contributed by atoms with Gasteiger partial charge in [0.05, 0.1) is 12.8 Å². The molecule has 1 fully saturated rings. The van der Waals surface area contributed by atoms with E-state index in [-0.39, 0.29) is 25.5 Å². The summed E-state index contributed by atoms with van der Waals surface area (Å²) in [6, 6.07) is 15.5. The molecule has 7 nitrogen and oxygen atoms in total. The third-order valence-corrected chi connectivity index (χ3v) is 6.90. The molecule has 2 aromatic rings. The van der Waals surface area contributed by atoms with Gasteiger partial charge in [-0.3, -0.25) is 9.59 Å². The number of hydrogen-bond donors (Lipinski definition) is 1. The van der Waals surface area contributed by atoms with Crippen molar-refractivity contribution in [1.82, 2.24) is 14.5 Å². The standard InChI is InChI=1S/C23H28FN3O4S/c1-23(22(29)25-15-19-10-12-20(24)13-11-19)17-26(32(2,30)31)16-21(28)27(23)14-6-9-18-7-4-3-5-8-18/h3-5,7-8,10-13H,6,9,14-17H2,1-2H3,(H,25,29)/t23-/m0/s1. The largest absolute Gasteiger partial charge is 0.350 e. The highest BCUT2D eigenvalue weighted by Crippen LogP contribution is 2.25. The zero-order valence-corrected chi connectivity index (χ0v) is 19.1. The fourth-order valence-corrected chi connectivity index (χ4v) is 4.69. The molecule has 1 aliphatic heterocycles. The number of nitrogens with zero attached hydrogens (tertiary/aromatic N) is 2. The van der Waals surface area contributed by atoms with E-state index in [4.69, 9.17) is 0 Å². The molecule has 0 radical (unpaired) electrons. The summed E-state index contributed by atoms with van der Waals surface area (Å²) in [6.45, 7) is 1.64. The summed E-state index contributed by atoms with van der Waals surface area (Å²) in [7, 11) is -3.66. The molecule has 0 aromatic heterocycles. The van der Waals surface area contributed by atoms with Crippen LogP contribution < -0.4 is 5.32 Å². The minimum absolute atomic E-state index is 0.127. The topological polar surface area (TPSA) is 86.8 Å². The van der Waals surface area contributed by atoms with Gasteiger partial charge in [-0.1, -0.05) is 42.5 Å². The van der Waals surface area contributed by atoms with Gasteiger partial charge >= 0.3 is 0 Å². The first-order valence-corrected chi connectivity index (χ1v) is 12.3. The number of nitrogens with one attached hydrogen (secondary N) is 1. The number of amides is 2. The Morgan fingerprint density at radius 3 is 2.38 bits per heavy atom. The first kappa shape index (κ1) is 23.9. The van der Waals surface area contributed by atoms with Crippen LogP contribution in [0.5, 0.6) is 0 Å². The molecule has 0 unspecified atom stereocenters. The molecule has 3 rings (SSSR count). The Bertz CT molecular complexity index is 1060. The Balaban J connectivity index is 1.76. The molecule has 0 saturated carbocycles. The Labute approximate surface area is 188 Å². The molecule has 0 spiro atoms. The van der Waals surface area contributed by atoms with E-state index < -0.39 is 27.4 Å². The maximum absolute atomic E-state index is 13.2. The second-order valence-corrected chi connectivity index (χ2v) is 10.2. The van der Waals surface area contributed by atoms with Crippen LogP contribution in [0.2, 0.25) is 0 Å². The molecule has 0 bridgehead atoms. The van der Waals surface area contributed by atoms with Gasteiger partial charge in [-0.15, -0.1) is 0 Å². The SMILES string of the molecule is C[C@@]1(C(=O)NCc2ccc(F)cc2)CN(S(C)(=O)=O)CC(=O)N1CCCc1ccccc1. The molecule has 32 heavy (non-hydrogen) atoms. The van der Waals surface area contributed by atoms with E-state index in [1.54, 1.807) is 19.1 Å². The molecule has 1 atom stereocenters. The molecule has 1 N–H and O–H groups in total. The molecular weight excluding hydrogens is 433 g/mol. The Hall–Kier alpha value is -2.78. The predicted molar refractivity (Wildman–Crippen MR) is 120 cm³/mol. The Morgan fingerprint density at radius 1 is 1.09 bits per heavy atom. The third kappa shape index (κ3) is 5.72. The highest BCUT2D eigenvalue weighted by atomic mass is 32.2. The zero-order valence-electron chi connectivity index (χ0n) is 18.3. The van der Waals surface area contributed by atoms with Crippen LogP contribution in [0, 0.1) is 5.82 Å². The van der Waals surface area contributed by atoms with Crippen molar-refractivity contribution in [2.75, 3.05) is 25.9 Å². The smallest absolute Gasteiger partial charge is 0.247 e. The third-order valence-electron chi connectivity index (χ3n) is 5.71. The van der Waals surface area contributed by atoms with Crippen molar-refractivity contribution in [2.24, 2.45) is 0 Å². The van der Waals surface area contributed by atoms with Gasteiger partial charge in [0, 0.05) is 19.6 Å². The number of piperazine rings is 1. The van der Waals surface area contributed by atoms with Crippen LogP contribution in [-0.4, -0.2) is 60.9 Å². The average Bonchev–Trinajstić information content (AvgIpc) is 2.75. The monoisotopic (exact) mass is 461 g/mol. The second kappa shape index (κ2) is 9.79. The molecule has 1 aliphatic rings. The first-order valence-electron chi connectivity index (χ1n) is 10.4. The normalized spacial score (nSPS) is 19.7. The van der Waals surface area contributed by atoms with Crippen LogP contribution in [0.15, 0.2) is 54.6 Å². The van der Waals surface area contributed by atoms with E-state index in [9.17, 15) is 22.4 Å². The number of carbonyl (C=O) groups is 2. The van der Waals surface area contributed by atoms with Gasteiger partial charge in [0.15, 0.2) is 0 Å². The minimum Gasteiger partial charge on any atom is -0.350 e. The van der Waals surface area contributed by atoms with Gasteiger partial charge < -0.3 is 10.2 Å². The minimum atomic E-state index is -3.66. The highest BCUT2D eigenvalue weighted by molar-refractivity contribution is 7.88. The van der Waals surface area contributed by atoms with Gasteiger partial charge in [-0.25, -0.2) is 12.8 Å². The maximum atomic E-state index is 13.2. The molecule has 0 aliphatic carbocycles. The lowest BCUT2D eigenvalue weighted by molar-refractivity contribution is -0.152. The van der Waals surface area contributed by atoms with Crippen LogP contribution in [0.3, 0.4) is 0 Å². The van der Waals surface area contributed by atoms with Crippen molar-refractivity contribution < 1.29 is 22.4 Å². The summed E-state index contributed by atoms with van der Waals surface area (Å²) in [5, 5.41) is 2.78. The van der Waals surface area contributed by atoms with Gasteiger partial charge in [0.25, 0.3) is 0 Å². The molecule has 1 heterocycles. The lowest BCUT2D eigenvalue weighted by atomic mass is 9.94. The van der Waals surface area contributed by atoms with Crippen molar-refractivity contribution in [3.05, 3.63) is 71.5 Å². The Morgan fingerprint density at radius 2 is 1.75 bits per heavy atom. The second-order valence-electron chi connectivity index (χ2n) is 8.25. The van der Waals surface area contributed by atoms with Crippen LogP contribution in [-0.2, 0) is 32.6 Å². The summed E-state index contributed by atoms with van der Waals surface area (Å²) in [5.74, 6) is -1.24. The zero-order chi connectivity index (χ0) is 23.4. The van der Waals surface area contributed by atoms with Crippen LogP contribution >= 0.6 is 0 Å². The quantitative estimate of drug-likeness (QED) is 0.651. The molecule has 2 aromatic carbocycles. The van der Waals surface area contributed by atoms with Gasteiger partial charge in [-0.2, -0.15) is 4.31 Å². The van der Waals surface area contributed by atoms with E-state index in [2.05, 4.69) is 5.32 Å². The lowest BCUT2D eigenvalue weighted by Crippen LogP contribution is -2.69. The van der Waals surface area contributed by atoms with Gasteiger partial charge in [-0.05, 0) is 43.0 Å². The van der Waals surface area contributed by atoms with Crippen molar-refractivity contribution in [3.8, 4) is 0 Å². The van der Waals surface area contributed by atoms with E-state index in [0.29, 0.717) is 18.5 Å². The van der Waals surface area contributed by atoms with Crippen molar-refractivity contribution >= 4 is 21.8 Å². The molecular formula is C23H28FN3O4S. The van der Waals surface area contributed by atoms with E-state index in [1.165, 1.54) is 17.0 Å². The summed E-state index contributed by atoms with van der Waals surface area (Å²) >= 11 is 0. The summed E-state index contributed by atoms with van der Waals surface area (Å²) in [5.41, 5.74) is 0.452. The number of halogens is 1. The summed E-state index contributed by atoms with van der Waals surface area (Å²) in [6.07, 6.45) is 2.39. The van der Waals surface area contributed by atoms with E-state index >= 15 is 0 Å². The van der Waals surface area contributed by atoms with Crippen molar-refractivity contribution in [3.63, 3.8) is 0 Å². The van der Waals surface area contributed by atoms with Gasteiger partial charge in [0.2, 0.25) is 21.8 Å². The van der Waals surface area contributed by atoms with E-state index in [0.717, 1.165) is 22.5 Å². The molecule has 2 amide bonds. The molecule has 172 valence electrons. The predicted octanol–water partition coefficient (Wildman–Crippen LogP) is 1.94. The van der Waals surface area contributed by atoms with Crippen LogP contribution in [0.25, 0.3) is 0 Å². The highest BCUT2D eigenvalue weighted by Gasteiger charge is 2.49. The number of rotatable bonds is 8. The maximum Gasteiger partial charge on any atom is 0.247 e. The van der Waals surface area contributed by atoms with Gasteiger partial charge in [0.1, 0.15) is 11.4 Å². The fraction of sp³-hybridized carbons (Fsp3) is 0.391. The van der Waals surface area contributed by atoms with Crippen molar-refractivity contribution in [2.45, 2.75) is 31.8 Å². The number of carbonyl (C=O) groups excluding carboxylic acids is 2. The molecule has 1 saturated heterocycles. The number of hydrogen-bond acceptors (Lipinski definition) is 4. The first-order chi connectivity index (χ1) is 15.1. The van der Waals surface area contributed by atoms with Crippen molar-refractivity contribution in [1.29, 1.82) is 0 Å². The average molecular weight is 462 g/mol. The Kier molecular flexibility index (Phi) is 7.30. The molecule has 9 heteroatoms. The summed E-state index contributed by atoms with van der Waals surface area (Å²) < 4.78 is 38.5. The van der Waals surface area contributed by atoms with Crippen LogP contribution in [0.4, 0.5) is 4.39 Å². The number of sulfonamides is 1. The fourth-order valence-electron chi connectivity index (χ4n) is 3.86. The number of aryl methyl sites for hydroxylation is 1.